The third-order valence-electron chi connectivity index (χ3n) is 3.83. The van der Waals surface area contributed by atoms with Gasteiger partial charge >= 0.3 is 0 Å². The van der Waals surface area contributed by atoms with Crippen molar-refractivity contribution in [1.29, 1.82) is 0 Å². The topological polar surface area (TPSA) is 26.0 Å². The first-order valence-corrected chi connectivity index (χ1v) is 7.53. The zero-order valence-electron chi connectivity index (χ0n) is 10.4. The van der Waals surface area contributed by atoms with Crippen molar-refractivity contribution in [3.8, 4) is 0 Å². The number of hydrogen-bond acceptors (Lipinski definition) is 1. The molecular weight excluding hydrogens is 274 g/mol. The third-order valence-corrected chi connectivity index (χ3v) is 4.36. The van der Waals surface area contributed by atoms with E-state index in [2.05, 4.69) is 40.2 Å². The molecule has 2 N–H and O–H groups in total. The lowest BCUT2D eigenvalue weighted by Gasteiger charge is -2.14. The van der Waals surface area contributed by atoms with Crippen molar-refractivity contribution < 1.29 is 0 Å². The fourth-order valence-corrected chi connectivity index (χ4v) is 3.04. The van der Waals surface area contributed by atoms with Crippen LogP contribution in [0.1, 0.15) is 44.1 Å². The molecule has 0 heterocycles. The van der Waals surface area contributed by atoms with Gasteiger partial charge in [0.1, 0.15) is 0 Å². The van der Waals surface area contributed by atoms with Gasteiger partial charge in [-0.1, -0.05) is 53.7 Å². The van der Waals surface area contributed by atoms with Gasteiger partial charge in [-0.25, -0.2) is 0 Å². The van der Waals surface area contributed by atoms with E-state index in [-0.39, 0.29) is 0 Å². The number of benzene rings is 1. The van der Waals surface area contributed by atoms with Gasteiger partial charge in [0.15, 0.2) is 0 Å². The van der Waals surface area contributed by atoms with Crippen LogP contribution < -0.4 is 5.73 Å². The first kappa shape index (κ1) is 13.1. The maximum absolute atomic E-state index is 6.21. The third kappa shape index (κ3) is 4.44. The van der Waals surface area contributed by atoms with Gasteiger partial charge in [-0.2, -0.15) is 0 Å². The summed E-state index contributed by atoms with van der Waals surface area (Å²) < 4.78 is 1.14. The Bertz CT molecular complexity index is 327. The predicted octanol–water partition coefficient (Wildman–Crippen LogP) is 4.29. The van der Waals surface area contributed by atoms with Crippen molar-refractivity contribution in [3.63, 3.8) is 0 Å². The standard InChI is InChI=1S/C15H22BrN/c16-14-8-5-13(6-9-14)11-15(17)10-7-12-3-1-2-4-12/h5-6,8-9,12,15H,1-4,7,10-11,17H2. The summed E-state index contributed by atoms with van der Waals surface area (Å²) in [4.78, 5) is 0. The molecule has 0 aromatic heterocycles. The lowest BCUT2D eigenvalue weighted by Crippen LogP contribution is -2.23. The molecule has 1 aliphatic rings. The average Bonchev–Trinajstić information content (AvgIpc) is 2.83. The quantitative estimate of drug-likeness (QED) is 0.862. The summed E-state index contributed by atoms with van der Waals surface area (Å²) in [5, 5.41) is 0. The molecule has 0 amide bonds. The Morgan fingerprint density at radius 1 is 1.18 bits per heavy atom. The van der Waals surface area contributed by atoms with Crippen molar-refractivity contribution in [3.05, 3.63) is 34.3 Å². The van der Waals surface area contributed by atoms with Crippen LogP contribution in [0.5, 0.6) is 0 Å². The van der Waals surface area contributed by atoms with Gasteiger partial charge in [0.2, 0.25) is 0 Å². The van der Waals surface area contributed by atoms with E-state index < -0.39 is 0 Å². The van der Waals surface area contributed by atoms with Crippen molar-refractivity contribution in [2.45, 2.75) is 51.0 Å². The van der Waals surface area contributed by atoms with Crippen molar-refractivity contribution in [2.75, 3.05) is 0 Å². The van der Waals surface area contributed by atoms with Crippen LogP contribution in [0.25, 0.3) is 0 Å². The number of rotatable bonds is 5. The fraction of sp³-hybridized carbons (Fsp3) is 0.600. The summed E-state index contributed by atoms with van der Waals surface area (Å²) in [7, 11) is 0. The van der Waals surface area contributed by atoms with Crippen LogP contribution in [-0.2, 0) is 6.42 Å². The Kier molecular flexibility index (Phi) is 5.05. The molecule has 1 aliphatic carbocycles. The van der Waals surface area contributed by atoms with Gasteiger partial charge < -0.3 is 5.73 Å². The largest absolute Gasteiger partial charge is 0.327 e. The molecule has 0 saturated heterocycles. The summed E-state index contributed by atoms with van der Waals surface area (Å²) >= 11 is 3.46. The Hall–Kier alpha value is -0.340. The molecule has 1 aromatic carbocycles. The van der Waals surface area contributed by atoms with Crippen molar-refractivity contribution >= 4 is 15.9 Å². The second-order valence-corrected chi connectivity index (χ2v) is 6.23. The van der Waals surface area contributed by atoms with Crippen LogP contribution in [0.2, 0.25) is 0 Å². The van der Waals surface area contributed by atoms with E-state index in [4.69, 9.17) is 5.73 Å². The number of halogens is 1. The monoisotopic (exact) mass is 295 g/mol. The highest BCUT2D eigenvalue weighted by atomic mass is 79.9. The summed E-state index contributed by atoms with van der Waals surface area (Å²) in [5.74, 6) is 0.964. The van der Waals surface area contributed by atoms with Crippen LogP contribution in [-0.4, -0.2) is 6.04 Å². The average molecular weight is 296 g/mol. The van der Waals surface area contributed by atoms with Crippen molar-refractivity contribution in [2.24, 2.45) is 11.7 Å². The normalized spacial score (nSPS) is 18.5. The van der Waals surface area contributed by atoms with Crippen molar-refractivity contribution in [1.82, 2.24) is 0 Å². The lowest BCUT2D eigenvalue weighted by molar-refractivity contribution is 0.447. The van der Waals surface area contributed by atoms with Gasteiger partial charge in [-0.05, 0) is 42.9 Å². The number of hydrogen-bond donors (Lipinski definition) is 1. The van der Waals surface area contributed by atoms with E-state index in [1.807, 2.05) is 0 Å². The maximum atomic E-state index is 6.21. The maximum Gasteiger partial charge on any atom is 0.0175 e. The minimum atomic E-state index is 0.330. The smallest absolute Gasteiger partial charge is 0.0175 e. The zero-order chi connectivity index (χ0) is 12.1. The van der Waals surface area contributed by atoms with Crippen LogP contribution >= 0.6 is 15.9 Å². The molecule has 1 aromatic rings. The highest BCUT2D eigenvalue weighted by Crippen LogP contribution is 2.29. The molecule has 0 aliphatic heterocycles. The fourth-order valence-electron chi connectivity index (χ4n) is 2.77. The minimum Gasteiger partial charge on any atom is -0.327 e. The van der Waals surface area contributed by atoms with Gasteiger partial charge in [0, 0.05) is 10.5 Å². The van der Waals surface area contributed by atoms with E-state index >= 15 is 0 Å². The Labute approximate surface area is 113 Å². The van der Waals surface area contributed by atoms with E-state index in [9.17, 15) is 0 Å². The molecular formula is C15H22BrN. The first-order valence-electron chi connectivity index (χ1n) is 6.74. The first-order chi connectivity index (χ1) is 8.24. The molecule has 0 radical (unpaired) electrons. The highest BCUT2D eigenvalue weighted by molar-refractivity contribution is 9.10. The van der Waals surface area contributed by atoms with Gasteiger partial charge in [-0.3, -0.25) is 0 Å². The zero-order valence-corrected chi connectivity index (χ0v) is 12.0. The van der Waals surface area contributed by atoms with Crippen LogP contribution in [0.4, 0.5) is 0 Å². The van der Waals surface area contributed by atoms with E-state index in [1.165, 1.54) is 44.1 Å². The molecule has 1 unspecified atom stereocenters. The molecule has 2 rings (SSSR count). The van der Waals surface area contributed by atoms with Crippen LogP contribution in [0, 0.1) is 5.92 Å². The molecule has 2 heteroatoms. The summed E-state index contributed by atoms with van der Waals surface area (Å²) in [5.41, 5.74) is 7.56. The lowest BCUT2D eigenvalue weighted by atomic mass is 9.96. The Morgan fingerprint density at radius 2 is 1.82 bits per heavy atom. The molecule has 1 fully saturated rings. The Morgan fingerprint density at radius 3 is 2.47 bits per heavy atom. The molecule has 17 heavy (non-hydrogen) atoms. The highest BCUT2D eigenvalue weighted by Gasteiger charge is 2.16. The molecule has 0 spiro atoms. The van der Waals surface area contributed by atoms with Gasteiger partial charge in [0.05, 0.1) is 0 Å². The summed E-state index contributed by atoms with van der Waals surface area (Å²) in [6.45, 7) is 0. The van der Waals surface area contributed by atoms with E-state index in [0.29, 0.717) is 6.04 Å². The summed E-state index contributed by atoms with van der Waals surface area (Å²) in [6.07, 6.45) is 9.27. The minimum absolute atomic E-state index is 0.330. The van der Waals surface area contributed by atoms with E-state index in [0.717, 1.165) is 16.8 Å². The summed E-state index contributed by atoms with van der Waals surface area (Å²) in [6, 6.07) is 8.86. The van der Waals surface area contributed by atoms with E-state index in [1.54, 1.807) is 0 Å². The van der Waals surface area contributed by atoms with Gasteiger partial charge in [0.25, 0.3) is 0 Å². The van der Waals surface area contributed by atoms with Gasteiger partial charge in [-0.15, -0.1) is 0 Å². The molecule has 94 valence electrons. The second kappa shape index (κ2) is 6.55. The Balaban J connectivity index is 1.72. The van der Waals surface area contributed by atoms with Crippen LogP contribution in [0.15, 0.2) is 28.7 Å². The molecule has 0 bridgehead atoms. The predicted molar refractivity (Wildman–Crippen MR) is 77.0 cm³/mol. The molecule has 1 nitrogen and oxygen atoms in total. The number of nitrogens with two attached hydrogens (primary N) is 1. The SMILES string of the molecule is NC(CCC1CCCC1)Cc1ccc(Br)cc1. The molecule has 1 saturated carbocycles. The molecule has 1 atom stereocenters. The van der Waals surface area contributed by atoms with Crippen LogP contribution in [0.3, 0.4) is 0 Å². The second-order valence-electron chi connectivity index (χ2n) is 5.32.